The van der Waals surface area contributed by atoms with Gasteiger partial charge >= 0.3 is 0 Å². The van der Waals surface area contributed by atoms with Crippen molar-refractivity contribution in [1.29, 1.82) is 0 Å². The molecule has 1 aromatic carbocycles. The van der Waals surface area contributed by atoms with E-state index in [9.17, 15) is 4.79 Å². The predicted molar refractivity (Wildman–Crippen MR) is 62.2 cm³/mol. The molecule has 0 unspecified atom stereocenters. The molecule has 0 bridgehead atoms. The zero-order valence-corrected chi connectivity index (χ0v) is 9.99. The molecule has 0 N–H and O–H groups in total. The maximum Gasteiger partial charge on any atom is 0.240 e. The van der Waals surface area contributed by atoms with Gasteiger partial charge in [0.15, 0.2) is 0 Å². The number of rotatable bonds is 2. The summed E-state index contributed by atoms with van der Waals surface area (Å²) in [5.74, 6) is 0.596. The minimum Gasteiger partial charge on any atom is -0.305 e. The highest BCUT2D eigenvalue weighted by atomic mass is 79.9. The Hall–Kier alpha value is -0.960. The Kier molecular flexibility index (Phi) is 3.00. The van der Waals surface area contributed by atoms with Crippen LogP contribution in [-0.4, -0.2) is 31.1 Å². The summed E-state index contributed by atoms with van der Waals surface area (Å²) in [6.45, 7) is 2.18. The molecule has 15 heavy (non-hydrogen) atoms. The SMILES string of the molecule is CN1CC(c2ccc(N=C=O)cc2Br)C1. The molecule has 0 spiro atoms. The second-order valence-electron chi connectivity index (χ2n) is 3.83. The van der Waals surface area contributed by atoms with Crippen LogP contribution in [0.15, 0.2) is 27.7 Å². The summed E-state index contributed by atoms with van der Waals surface area (Å²) in [4.78, 5) is 16.0. The number of carbonyl (C=O) groups excluding carboxylic acids is 1. The minimum absolute atomic E-state index is 0.596. The van der Waals surface area contributed by atoms with Crippen LogP contribution in [0.1, 0.15) is 11.5 Å². The fourth-order valence-electron chi connectivity index (χ4n) is 1.87. The van der Waals surface area contributed by atoms with Crippen LogP contribution in [-0.2, 0) is 4.79 Å². The molecular formula is C11H11BrN2O. The molecule has 78 valence electrons. The number of hydrogen-bond acceptors (Lipinski definition) is 3. The lowest BCUT2D eigenvalue weighted by atomic mass is 9.92. The first-order valence-electron chi connectivity index (χ1n) is 4.76. The number of isocyanates is 1. The van der Waals surface area contributed by atoms with Gasteiger partial charge in [0.2, 0.25) is 6.08 Å². The van der Waals surface area contributed by atoms with E-state index in [2.05, 4.69) is 32.9 Å². The van der Waals surface area contributed by atoms with Crippen LogP contribution in [0.25, 0.3) is 0 Å². The molecule has 1 heterocycles. The zero-order chi connectivity index (χ0) is 10.8. The van der Waals surface area contributed by atoms with E-state index < -0.39 is 0 Å². The van der Waals surface area contributed by atoms with Gasteiger partial charge in [-0.2, -0.15) is 4.99 Å². The van der Waals surface area contributed by atoms with Crippen molar-refractivity contribution in [1.82, 2.24) is 4.90 Å². The quantitative estimate of drug-likeness (QED) is 0.609. The molecule has 1 aliphatic rings. The first-order valence-corrected chi connectivity index (χ1v) is 5.56. The molecule has 0 atom stereocenters. The Balaban J connectivity index is 2.23. The maximum absolute atomic E-state index is 10.1. The van der Waals surface area contributed by atoms with Gasteiger partial charge < -0.3 is 4.90 Å². The van der Waals surface area contributed by atoms with Crippen LogP contribution in [0.3, 0.4) is 0 Å². The first-order chi connectivity index (χ1) is 7.20. The van der Waals surface area contributed by atoms with Crippen molar-refractivity contribution < 1.29 is 4.79 Å². The monoisotopic (exact) mass is 266 g/mol. The summed E-state index contributed by atoms with van der Waals surface area (Å²) in [6.07, 6.45) is 1.54. The van der Waals surface area contributed by atoms with Crippen molar-refractivity contribution in [3.8, 4) is 0 Å². The average Bonchev–Trinajstić information content (AvgIpc) is 2.15. The molecule has 4 heteroatoms. The molecule has 0 aliphatic carbocycles. The molecule has 1 fully saturated rings. The van der Waals surface area contributed by atoms with Crippen LogP contribution < -0.4 is 0 Å². The van der Waals surface area contributed by atoms with E-state index in [0.717, 1.165) is 17.6 Å². The largest absolute Gasteiger partial charge is 0.305 e. The van der Waals surface area contributed by atoms with E-state index in [-0.39, 0.29) is 0 Å². The number of benzene rings is 1. The number of likely N-dealkylation sites (N-methyl/N-ethyl adjacent to an activating group) is 1. The highest BCUT2D eigenvalue weighted by Crippen LogP contribution is 2.33. The second-order valence-corrected chi connectivity index (χ2v) is 4.68. The number of halogens is 1. The fraction of sp³-hybridized carbons (Fsp3) is 0.364. The number of hydrogen-bond donors (Lipinski definition) is 0. The van der Waals surface area contributed by atoms with Crippen LogP contribution in [0.4, 0.5) is 5.69 Å². The zero-order valence-electron chi connectivity index (χ0n) is 8.40. The van der Waals surface area contributed by atoms with Crippen molar-refractivity contribution in [2.24, 2.45) is 4.99 Å². The minimum atomic E-state index is 0.596. The lowest BCUT2D eigenvalue weighted by Gasteiger charge is -2.37. The Morgan fingerprint density at radius 1 is 1.53 bits per heavy atom. The van der Waals surface area contributed by atoms with Gasteiger partial charge in [-0.25, -0.2) is 4.79 Å². The molecule has 0 amide bonds. The molecule has 1 aliphatic heterocycles. The van der Waals surface area contributed by atoms with Crippen molar-refractivity contribution in [2.45, 2.75) is 5.92 Å². The molecule has 1 aromatic rings. The molecule has 0 radical (unpaired) electrons. The highest BCUT2D eigenvalue weighted by Gasteiger charge is 2.26. The molecule has 2 rings (SSSR count). The Morgan fingerprint density at radius 3 is 2.80 bits per heavy atom. The van der Waals surface area contributed by atoms with Crippen molar-refractivity contribution >= 4 is 27.7 Å². The third-order valence-corrected chi connectivity index (χ3v) is 3.35. The average molecular weight is 267 g/mol. The fourth-order valence-corrected chi connectivity index (χ4v) is 2.56. The van der Waals surface area contributed by atoms with E-state index >= 15 is 0 Å². The summed E-state index contributed by atoms with van der Waals surface area (Å²) < 4.78 is 1.03. The van der Waals surface area contributed by atoms with Gasteiger partial charge in [0.25, 0.3) is 0 Å². The van der Waals surface area contributed by atoms with Crippen LogP contribution in [0.5, 0.6) is 0 Å². The van der Waals surface area contributed by atoms with Gasteiger partial charge in [-0.15, -0.1) is 0 Å². The van der Waals surface area contributed by atoms with E-state index in [1.54, 1.807) is 6.08 Å². The van der Waals surface area contributed by atoms with Crippen molar-refractivity contribution in [3.63, 3.8) is 0 Å². The lowest BCUT2D eigenvalue weighted by Crippen LogP contribution is -2.41. The van der Waals surface area contributed by atoms with Gasteiger partial charge in [0.1, 0.15) is 0 Å². The summed E-state index contributed by atoms with van der Waals surface area (Å²) >= 11 is 3.50. The predicted octanol–water partition coefficient (Wildman–Crippen LogP) is 2.45. The summed E-state index contributed by atoms with van der Waals surface area (Å²) in [5.41, 5.74) is 1.94. The van der Waals surface area contributed by atoms with Gasteiger partial charge in [0.05, 0.1) is 5.69 Å². The smallest absolute Gasteiger partial charge is 0.240 e. The van der Waals surface area contributed by atoms with Gasteiger partial charge in [-0.05, 0) is 24.7 Å². The second kappa shape index (κ2) is 4.27. The molecular weight excluding hydrogens is 256 g/mol. The van der Waals surface area contributed by atoms with Gasteiger partial charge in [0, 0.05) is 23.5 Å². The summed E-state index contributed by atoms with van der Waals surface area (Å²) in [6, 6.07) is 5.74. The van der Waals surface area contributed by atoms with E-state index in [0.29, 0.717) is 11.6 Å². The third kappa shape index (κ3) is 2.17. The van der Waals surface area contributed by atoms with E-state index in [4.69, 9.17) is 0 Å². The maximum atomic E-state index is 10.1. The van der Waals surface area contributed by atoms with E-state index in [1.165, 1.54) is 5.56 Å². The van der Waals surface area contributed by atoms with Crippen molar-refractivity contribution in [3.05, 3.63) is 28.2 Å². The Morgan fingerprint density at radius 2 is 2.27 bits per heavy atom. The number of aliphatic imine (C=N–C) groups is 1. The van der Waals surface area contributed by atoms with Crippen LogP contribution in [0.2, 0.25) is 0 Å². The normalized spacial score (nSPS) is 16.9. The molecule has 3 nitrogen and oxygen atoms in total. The Bertz CT molecular complexity index is 421. The standard InChI is InChI=1S/C11H11BrN2O/c1-14-5-8(6-14)10-3-2-9(13-7-15)4-11(10)12/h2-4,8H,5-6H2,1H3. The molecule has 0 saturated carbocycles. The van der Waals surface area contributed by atoms with Crippen LogP contribution >= 0.6 is 15.9 Å². The van der Waals surface area contributed by atoms with E-state index in [1.807, 2.05) is 18.2 Å². The molecule has 1 saturated heterocycles. The highest BCUT2D eigenvalue weighted by molar-refractivity contribution is 9.10. The first kappa shape index (κ1) is 10.6. The summed E-state index contributed by atoms with van der Waals surface area (Å²) in [5, 5.41) is 0. The summed E-state index contributed by atoms with van der Waals surface area (Å²) in [7, 11) is 2.11. The van der Waals surface area contributed by atoms with Gasteiger partial charge in [-0.1, -0.05) is 22.0 Å². The number of nitrogens with zero attached hydrogens (tertiary/aromatic N) is 2. The van der Waals surface area contributed by atoms with Gasteiger partial charge in [-0.3, -0.25) is 0 Å². The Labute approximate surface area is 96.9 Å². The number of likely N-dealkylation sites (tertiary alicyclic amines) is 1. The topological polar surface area (TPSA) is 32.7 Å². The van der Waals surface area contributed by atoms with Crippen LogP contribution in [0, 0.1) is 0 Å². The van der Waals surface area contributed by atoms with Crippen molar-refractivity contribution in [2.75, 3.05) is 20.1 Å². The lowest BCUT2D eigenvalue weighted by molar-refractivity contribution is 0.189. The molecule has 0 aromatic heterocycles. The third-order valence-electron chi connectivity index (χ3n) is 2.66.